The number of hydrogen-bond acceptors (Lipinski definition) is 2. The van der Waals surface area contributed by atoms with Crippen LogP contribution in [-0.2, 0) is 9.53 Å². The van der Waals surface area contributed by atoms with Crippen molar-refractivity contribution in [1.29, 1.82) is 0 Å². The molecule has 2 aliphatic carbocycles. The summed E-state index contributed by atoms with van der Waals surface area (Å²) >= 11 is 0. The van der Waals surface area contributed by atoms with E-state index in [2.05, 4.69) is 27.4 Å². The third kappa shape index (κ3) is 2.73. The molecule has 2 rings (SSSR count). The second-order valence-electron chi connectivity index (χ2n) is 6.93. The van der Waals surface area contributed by atoms with Crippen LogP contribution in [0.15, 0.2) is 12.2 Å². The molecule has 108 valence electrons. The minimum Gasteiger partial charge on any atom is -0.456 e. The van der Waals surface area contributed by atoms with E-state index in [0.29, 0.717) is 5.57 Å². The van der Waals surface area contributed by atoms with Crippen molar-refractivity contribution in [2.75, 3.05) is 0 Å². The van der Waals surface area contributed by atoms with Crippen molar-refractivity contribution >= 4 is 5.97 Å². The van der Waals surface area contributed by atoms with E-state index in [1.54, 1.807) is 6.92 Å². The van der Waals surface area contributed by atoms with Gasteiger partial charge in [-0.15, -0.1) is 0 Å². The molecule has 19 heavy (non-hydrogen) atoms. The predicted octanol–water partition coefficient (Wildman–Crippen LogP) is 4.35. The Labute approximate surface area is 117 Å². The SMILES string of the molecule is C=C(C)C(=O)OC1(C)CC2CC(C1)C(CC)C2CC. The zero-order valence-electron chi connectivity index (χ0n) is 12.9. The molecule has 0 aromatic rings. The van der Waals surface area contributed by atoms with Gasteiger partial charge in [0.15, 0.2) is 0 Å². The molecule has 0 aromatic carbocycles. The highest BCUT2D eigenvalue weighted by Crippen LogP contribution is 2.55. The first-order valence-electron chi connectivity index (χ1n) is 7.79. The van der Waals surface area contributed by atoms with Crippen LogP contribution in [0.1, 0.15) is 59.8 Å². The normalized spacial score (nSPS) is 41.1. The topological polar surface area (TPSA) is 26.3 Å². The van der Waals surface area contributed by atoms with Crippen molar-refractivity contribution < 1.29 is 9.53 Å². The molecular formula is C17H28O2. The van der Waals surface area contributed by atoms with Crippen LogP contribution in [0, 0.1) is 23.7 Å². The lowest BCUT2D eigenvalue weighted by atomic mass is 9.77. The second-order valence-corrected chi connectivity index (χ2v) is 6.93. The van der Waals surface area contributed by atoms with Crippen LogP contribution in [0.25, 0.3) is 0 Å². The summed E-state index contributed by atoms with van der Waals surface area (Å²) in [6, 6.07) is 0. The Hall–Kier alpha value is -0.790. The van der Waals surface area contributed by atoms with Crippen molar-refractivity contribution in [3.05, 3.63) is 12.2 Å². The van der Waals surface area contributed by atoms with Gasteiger partial charge in [0.05, 0.1) is 0 Å². The van der Waals surface area contributed by atoms with Crippen molar-refractivity contribution in [3.63, 3.8) is 0 Å². The second kappa shape index (κ2) is 5.30. The fourth-order valence-electron chi connectivity index (χ4n) is 4.77. The minimum absolute atomic E-state index is 0.218. The first-order chi connectivity index (χ1) is 8.90. The number of esters is 1. The van der Waals surface area contributed by atoms with Gasteiger partial charge in [0.1, 0.15) is 5.60 Å². The van der Waals surface area contributed by atoms with E-state index in [4.69, 9.17) is 4.74 Å². The predicted molar refractivity (Wildman–Crippen MR) is 77.7 cm³/mol. The van der Waals surface area contributed by atoms with Crippen LogP contribution in [-0.4, -0.2) is 11.6 Å². The highest BCUT2D eigenvalue weighted by Gasteiger charge is 2.51. The molecule has 0 amide bonds. The van der Waals surface area contributed by atoms with E-state index in [0.717, 1.165) is 36.5 Å². The Morgan fingerprint density at radius 2 is 1.68 bits per heavy atom. The van der Waals surface area contributed by atoms with Gasteiger partial charge in [-0.05, 0) is 56.8 Å². The molecule has 0 heterocycles. The summed E-state index contributed by atoms with van der Waals surface area (Å²) in [5.74, 6) is 2.94. The van der Waals surface area contributed by atoms with Crippen molar-refractivity contribution in [1.82, 2.24) is 0 Å². The van der Waals surface area contributed by atoms with Crippen LogP contribution >= 0.6 is 0 Å². The molecule has 0 aromatic heterocycles. The summed E-state index contributed by atoms with van der Waals surface area (Å²) in [7, 11) is 0. The van der Waals surface area contributed by atoms with E-state index < -0.39 is 0 Å². The van der Waals surface area contributed by atoms with Gasteiger partial charge in [0.2, 0.25) is 0 Å². The summed E-state index contributed by atoms with van der Waals surface area (Å²) in [5, 5.41) is 0. The number of rotatable bonds is 4. The van der Waals surface area contributed by atoms with Gasteiger partial charge in [-0.25, -0.2) is 4.79 Å². The number of carbonyl (C=O) groups excluding carboxylic acids is 1. The maximum Gasteiger partial charge on any atom is 0.333 e. The molecular weight excluding hydrogens is 236 g/mol. The molecule has 2 nitrogen and oxygen atoms in total. The Morgan fingerprint density at radius 1 is 1.21 bits per heavy atom. The van der Waals surface area contributed by atoms with Gasteiger partial charge in [-0.3, -0.25) is 0 Å². The van der Waals surface area contributed by atoms with E-state index in [1.807, 2.05) is 0 Å². The molecule has 4 unspecified atom stereocenters. The zero-order chi connectivity index (χ0) is 14.2. The van der Waals surface area contributed by atoms with Gasteiger partial charge >= 0.3 is 5.97 Å². The molecule has 0 N–H and O–H groups in total. The number of hydrogen-bond donors (Lipinski definition) is 0. The molecule has 0 spiro atoms. The van der Waals surface area contributed by atoms with Gasteiger partial charge in [0, 0.05) is 5.57 Å². The summed E-state index contributed by atoms with van der Waals surface area (Å²) < 4.78 is 5.77. The van der Waals surface area contributed by atoms with E-state index >= 15 is 0 Å². The number of ether oxygens (including phenoxy) is 1. The minimum atomic E-state index is -0.263. The van der Waals surface area contributed by atoms with Crippen LogP contribution in [0.3, 0.4) is 0 Å². The van der Waals surface area contributed by atoms with Gasteiger partial charge in [-0.1, -0.05) is 33.3 Å². The highest BCUT2D eigenvalue weighted by atomic mass is 16.6. The van der Waals surface area contributed by atoms with Crippen molar-refractivity contribution in [3.8, 4) is 0 Å². The Kier molecular flexibility index (Phi) is 4.08. The lowest BCUT2D eigenvalue weighted by molar-refractivity contribution is -0.158. The molecule has 0 aliphatic heterocycles. The summed E-state index contributed by atoms with van der Waals surface area (Å²) in [6.45, 7) is 12.2. The average Bonchev–Trinajstić information content (AvgIpc) is 2.58. The highest BCUT2D eigenvalue weighted by molar-refractivity contribution is 5.87. The van der Waals surface area contributed by atoms with Crippen LogP contribution in [0.2, 0.25) is 0 Å². The Bertz CT molecular complexity index is 353. The summed E-state index contributed by atoms with van der Waals surface area (Å²) in [4.78, 5) is 11.8. The average molecular weight is 264 g/mol. The number of fused-ring (bicyclic) bond motifs is 2. The molecule has 0 saturated heterocycles. The molecule has 0 radical (unpaired) electrons. The lowest BCUT2D eigenvalue weighted by Gasteiger charge is -2.38. The van der Waals surface area contributed by atoms with Gasteiger partial charge < -0.3 is 4.74 Å². The van der Waals surface area contributed by atoms with Gasteiger partial charge in [-0.2, -0.15) is 0 Å². The molecule has 2 bridgehead atoms. The largest absolute Gasteiger partial charge is 0.456 e. The van der Waals surface area contributed by atoms with Crippen molar-refractivity contribution in [2.45, 2.75) is 65.4 Å². The first-order valence-corrected chi connectivity index (χ1v) is 7.79. The zero-order valence-corrected chi connectivity index (χ0v) is 12.9. The molecule has 4 atom stereocenters. The maximum atomic E-state index is 11.8. The standard InChI is InChI=1S/C17H28O2/c1-6-14-12-8-13(15(14)7-2)10-17(5,9-12)19-16(18)11(3)4/h12-15H,3,6-10H2,1-2,4-5H3. The smallest absolute Gasteiger partial charge is 0.333 e. The lowest BCUT2D eigenvalue weighted by Crippen LogP contribution is -2.38. The monoisotopic (exact) mass is 264 g/mol. The molecule has 2 heteroatoms. The van der Waals surface area contributed by atoms with Crippen LogP contribution < -0.4 is 0 Å². The third-order valence-electron chi connectivity index (χ3n) is 5.38. The number of carbonyl (C=O) groups is 1. The fraction of sp³-hybridized carbons (Fsp3) is 0.824. The van der Waals surface area contributed by atoms with E-state index in [9.17, 15) is 4.79 Å². The Morgan fingerprint density at radius 3 is 2.05 bits per heavy atom. The third-order valence-corrected chi connectivity index (χ3v) is 5.38. The molecule has 2 aliphatic rings. The molecule has 2 fully saturated rings. The summed E-state index contributed by atoms with van der Waals surface area (Å²) in [5.41, 5.74) is 0.249. The molecule has 2 saturated carbocycles. The fourth-order valence-corrected chi connectivity index (χ4v) is 4.77. The summed E-state index contributed by atoms with van der Waals surface area (Å²) in [6.07, 6.45) is 5.96. The van der Waals surface area contributed by atoms with Crippen LogP contribution in [0.4, 0.5) is 0 Å². The van der Waals surface area contributed by atoms with Crippen LogP contribution in [0.5, 0.6) is 0 Å². The van der Waals surface area contributed by atoms with Crippen molar-refractivity contribution in [2.24, 2.45) is 23.7 Å². The quantitative estimate of drug-likeness (QED) is 0.557. The maximum absolute atomic E-state index is 11.8. The van der Waals surface area contributed by atoms with E-state index in [1.165, 1.54) is 19.3 Å². The first kappa shape index (κ1) is 14.6. The van der Waals surface area contributed by atoms with E-state index in [-0.39, 0.29) is 11.6 Å². The Balaban J connectivity index is 2.12. The van der Waals surface area contributed by atoms with Gasteiger partial charge in [0.25, 0.3) is 0 Å².